The first-order valence-electron chi connectivity index (χ1n) is 10.1. The SMILES string of the molecule is COc1cc([C@@H]2[C@H](S(=O)(=O)c3ccccc3)CON2C)ccc1OCc1ccc(F)cc1. The van der Waals surface area contributed by atoms with Crippen LogP contribution in [0.4, 0.5) is 4.39 Å². The van der Waals surface area contributed by atoms with Gasteiger partial charge in [0.1, 0.15) is 17.7 Å². The van der Waals surface area contributed by atoms with E-state index in [-0.39, 0.29) is 23.9 Å². The van der Waals surface area contributed by atoms with Gasteiger partial charge >= 0.3 is 0 Å². The van der Waals surface area contributed by atoms with Gasteiger partial charge in [0.25, 0.3) is 0 Å². The van der Waals surface area contributed by atoms with Crippen LogP contribution in [0.5, 0.6) is 11.5 Å². The zero-order chi connectivity index (χ0) is 22.7. The summed E-state index contributed by atoms with van der Waals surface area (Å²) in [6.07, 6.45) is 0. The first kappa shape index (κ1) is 22.3. The summed E-state index contributed by atoms with van der Waals surface area (Å²) in [5.41, 5.74) is 1.55. The first-order chi connectivity index (χ1) is 15.4. The fraction of sp³-hybridized carbons (Fsp3) is 0.250. The molecule has 1 fully saturated rings. The van der Waals surface area contributed by atoms with Gasteiger partial charge in [0, 0.05) is 7.05 Å². The molecule has 1 heterocycles. The molecule has 0 unspecified atom stereocenters. The quantitative estimate of drug-likeness (QED) is 0.531. The van der Waals surface area contributed by atoms with Crippen molar-refractivity contribution in [2.24, 2.45) is 0 Å². The van der Waals surface area contributed by atoms with Crippen molar-refractivity contribution in [2.75, 3.05) is 20.8 Å². The molecule has 0 aromatic heterocycles. The molecule has 0 saturated carbocycles. The van der Waals surface area contributed by atoms with Gasteiger partial charge in [0.05, 0.1) is 24.7 Å². The molecule has 0 N–H and O–H groups in total. The minimum absolute atomic E-state index is 0.0591. The minimum atomic E-state index is -3.62. The van der Waals surface area contributed by atoms with Gasteiger partial charge in [-0.2, -0.15) is 5.06 Å². The van der Waals surface area contributed by atoms with Crippen molar-refractivity contribution in [3.8, 4) is 11.5 Å². The van der Waals surface area contributed by atoms with E-state index in [0.717, 1.165) is 11.1 Å². The first-order valence-corrected chi connectivity index (χ1v) is 11.6. The lowest BCUT2D eigenvalue weighted by atomic mass is 10.0. The molecule has 6 nitrogen and oxygen atoms in total. The summed E-state index contributed by atoms with van der Waals surface area (Å²) in [6, 6.07) is 19.3. The predicted molar refractivity (Wildman–Crippen MR) is 118 cm³/mol. The van der Waals surface area contributed by atoms with E-state index in [4.69, 9.17) is 14.3 Å². The molecule has 0 spiro atoms. The Hall–Kier alpha value is -2.94. The van der Waals surface area contributed by atoms with Crippen LogP contribution >= 0.6 is 0 Å². The molecule has 0 bridgehead atoms. The van der Waals surface area contributed by atoms with E-state index in [1.165, 1.54) is 19.2 Å². The Kier molecular flexibility index (Phi) is 6.45. The number of hydrogen-bond acceptors (Lipinski definition) is 6. The molecular weight excluding hydrogens is 433 g/mol. The third-order valence-corrected chi connectivity index (χ3v) is 7.61. The second-order valence-corrected chi connectivity index (χ2v) is 9.68. The normalized spacial score (nSPS) is 19.1. The topological polar surface area (TPSA) is 65.1 Å². The number of ether oxygens (including phenoxy) is 2. The predicted octanol–water partition coefficient (Wildman–Crippen LogP) is 4.17. The highest BCUT2D eigenvalue weighted by Crippen LogP contribution is 2.39. The van der Waals surface area contributed by atoms with Crippen LogP contribution in [0.2, 0.25) is 0 Å². The summed E-state index contributed by atoms with van der Waals surface area (Å²) in [4.78, 5) is 5.87. The Morgan fingerprint density at radius 1 is 1.03 bits per heavy atom. The van der Waals surface area contributed by atoms with Gasteiger partial charge < -0.3 is 9.47 Å². The molecule has 3 aromatic rings. The molecule has 0 radical (unpaired) electrons. The Morgan fingerprint density at radius 3 is 2.44 bits per heavy atom. The Labute approximate surface area is 187 Å². The molecule has 168 valence electrons. The smallest absolute Gasteiger partial charge is 0.185 e. The van der Waals surface area contributed by atoms with Crippen LogP contribution < -0.4 is 9.47 Å². The summed E-state index contributed by atoms with van der Waals surface area (Å²) in [5, 5.41) is 0.796. The van der Waals surface area contributed by atoms with Crippen molar-refractivity contribution < 1.29 is 27.1 Å². The van der Waals surface area contributed by atoms with Crippen molar-refractivity contribution in [1.82, 2.24) is 5.06 Å². The van der Waals surface area contributed by atoms with Gasteiger partial charge in [-0.15, -0.1) is 0 Å². The van der Waals surface area contributed by atoms with E-state index in [1.54, 1.807) is 66.7 Å². The Balaban J connectivity index is 1.59. The molecule has 2 atom stereocenters. The fourth-order valence-corrected chi connectivity index (χ4v) is 5.59. The average Bonchev–Trinajstić information content (AvgIpc) is 3.21. The molecule has 4 rings (SSSR count). The lowest BCUT2D eigenvalue weighted by Gasteiger charge is -2.24. The number of halogens is 1. The average molecular weight is 458 g/mol. The van der Waals surface area contributed by atoms with Crippen molar-refractivity contribution in [3.05, 3.63) is 89.7 Å². The second kappa shape index (κ2) is 9.28. The molecule has 1 aliphatic heterocycles. The molecule has 1 saturated heterocycles. The number of benzene rings is 3. The van der Waals surface area contributed by atoms with Gasteiger partial charge in [0.2, 0.25) is 0 Å². The minimum Gasteiger partial charge on any atom is -0.493 e. The molecule has 0 amide bonds. The molecule has 1 aliphatic rings. The van der Waals surface area contributed by atoms with E-state index in [0.29, 0.717) is 11.5 Å². The van der Waals surface area contributed by atoms with Crippen LogP contribution in [0.1, 0.15) is 17.2 Å². The van der Waals surface area contributed by atoms with E-state index < -0.39 is 21.1 Å². The van der Waals surface area contributed by atoms with Gasteiger partial charge in [-0.1, -0.05) is 36.4 Å². The third kappa shape index (κ3) is 4.48. The summed E-state index contributed by atoms with van der Waals surface area (Å²) in [7, 11) is -0.374. The summed E-state index contributed by atoms with van der Waals surface area (Å²) in [5.74, 6) is 0.670. The Morgan fingerprint density at radius 2 is 1.75 bits per heavy atom. The number of sulfone groups is 1. The zero-order valence-electron chi connectivity index (χ0n) is 17.8. The molecule has 8 heteroatoms. The Bertz CT molecular complexity index is 1170. The maximum absolute atomic E-state index is 13.3. The monoisotopic (exact) mass is 457 g/mol. The molecule has 32 heavy (non-hydrogen) atoms. The van der Waals surface area contributed by atoms with E-state index in [2.05, 4.69) is 0 Å². The highest BCUT2D eigenvalue weighted by molar-refractivity contribution is 7.92. The summed E-state index contributed by atoms with van der Waals surface area (Å²) >= 11 is 0. The van der Waals surface area contributed by atoms with E-state index in [1.807, 2.05) is 6.07 Å². The van der Waals surface area contributed by atoms with Crippen molar-refractivity contribution >= 4 is 9.84 Å². The van der Waals surface area contributed by atoms with Gasteiger partial charge in [-0.05, 0) is 47.5 Å². The number of rotatable bonds is 7. The van der Waals surface area contributed by atoms with Gasteiger partial charge in [0.15, 0.2) is 21.3 Å². The van der Waals surface area contributed by atoms with Crippen LogP contribution in [0, 0.1) is 5.82 Å². The molecule has 3 aromatic carbocycles. The summed E-state index contributed by atoms with van der Waals surface area (Å²) in [6.45, 7) is 0.303. The highest BCUT2D eigenvalue weighted by Gasteiger charge is 2.44. The zero-order valence-corrected chi connectivity index (χ0v) is 18.6. The maximum atomic E-state index is 13.3. The maximum Gasteiger partial charge on any atom is 0.185 e. The van der Waals surface area contributed by atoms with Crippen LogP contribution in [0.3, 0.4) is 0 Å². The third-order valence-electron chi connectivity index (χ3n) is 5.49. The van der Waals surface area contributed by atoms with Gasteiger partial charge in [-0.25, -0.2) is 12.8 Å². The van der Waals surface area contributed by atoms with E-state index in [9.17, 15) is 12.8 Å². The van der Waals surface area contributed by atoms with E-state index >= 15 is 0 Å². The number of hydroxylamine groups is 2. The van der Waals surface area contributed by atoms with Crippen molar-refractivity contribution in [2.45, 2.75) is 22.8 Å². The molecule has 0 aliphatic carbocycles. The second-order valence-electron chi connectivity index (χ2n) is 7.51. The standard InChI is InChI=1S/C24H24FNO5S/c1-26-24(23(16-31-26)32(27,28)20-6-4-3-5-7-20)18-10-13-21(22(14-18)29-2)30-15-17-8-11-19(25)12-9-17/h3-14,23-24H,15-16H2,1-2H3/t23-,24-/m1/s1. The molecular formula is C24H24FNO5S. The lowest BCUT2D eigenvalue weighted by molar-refractivity contribution is -0.110. The lowest BCUT2D eigenvalue weighted by Crippen LogP contribution is -2.31. The number of nitrogens with zero attached hydrogens (tertiary/aromatic N) is 1. The van der Waals surface area contributed by atoms with Crippen LogP contribution in [0.25, 0.3) is 0 Å². The van der Waals surface area contributed by atoms with Crippen molar-refractivity contribution in [3.63, 3.8) is 0 Å². The largest absolute Gasteiger partial charge is 0.493 e. The number of hydrogen-bond donors (Lipinski definition) is 0. The highest BCUT2D eigenvalue weighted by atomic mass is 32.2. The van der Waals surface area contributed by atoms with Crippen LogP contribution in [0.15, 0.2) is 77.7 Å². The van der Waals surface area contributed by atoms with Crippen molar-refractivity contribution in [1.29, 1.82) is 0 Å². The van der Waals surface area contributed by atoms with Gasteiger partial charge in [-0.3, -0.25) is 4.84 Å². The fourth-order valence-electron chi connectivity index (χ4n) is 3.79. The number of methoxy groups -OCH3 is 1. The summed E-state index contributed by atoms with van der Waals surface area (Å²) < 4.78 is 51.0. The van der Waals surface area contributed by atoms with Crippen LogP contribution in [-0.4, -0.2) is 39.5 Å². The van der Waals surface area contributed by atoms with Crippen LogP contribution in [-0.2, 0) is 21.3 Å².